The van der Waals surface area contributed by atoms with E-state index < -0.39 is 4.92 Å². The summed E-state index contributed by atoms with van der Waals surface area (Å²) in [6.07, 6.45) is 1.55. The van der Waals surface area contributed by atoms with Gasteiger partial charge in [0.25, 0.3) is 0 Å². The minimum absolute atomic E-state index is 0.120. The summed E-state index contributed by atoms with van der Waals surface area (Å²) in [6.45, 7) is 0.147. The van der Waals surface area contributed by atoms with Crippen LogP contribution in [0, 0.1) is 10.1 Å². The van der Waals surface area contributed by atoms with Crippen LogP contribution in [0.15, 0.2) is 36.5 Å². The van der Waals surface area contributed by atoms with E-state index in [4.69, 9.17) is 22.1 Å². The summed E-state index contributed by atoms with van der Waals surface area (Å²) in [6, 6.07) is 7.52. The van der Waals surface area contributed by atoms with Crippen molar-refractivity contribution >= 4 is 23.1 Å². The summed E-state index contributed by atoms with van der Waals surface area (Å²) in [4.78, 5) is 14.2. The Morgan fingerprint density at radius 1 is 1.37 bits per heavy atom. The van der Waals surface area contributed by atoms with Crippen LogP contribution in [0.5, 0.6) is 5.75 Å². The highest BCUT2D eigenvalue weighted by atomic mass is 35.5. The maximum absolute atomic E-state index is 10.8. The van der Waals surface area contributed by atoms with Gasteiger partial charge in [-0.15, -0.1) is 0 Å². The quantitative estimate of drug-likeness (QED) is 0.686. The summed E-state index contributed by atoms with van der Waals surface area (Å²) in [5.41, 5.74) is 6.08. The molecule has 1 aromatic carbocycles. The number of rotatable bonds is 4. The first-order valence-corrected chi connectivity index (χ1v) is 5.71. The molecule has 0 aliphatic heterocycles. The van der Waals surface area contributed by atoms with Gasteiger partial charge < -0.3 is 10.5 Å². The normalized spacial score (nSPS) is 10.2. The fourth-order valence-corrected chi connectivity index (χ4v) is 1.60. The van der Waals surface area contributed by atoms with Crippen molar-refractivity contribution < 1.29 is 9.66 Å². The number of nitro benzene ring substituents is 1. The smallest absolute Gasteiger partial charge is 0.311 e. The molecule has 2 aromatic rings. The number of pyridine rings is 1. The Morgan fingerprint density at radius 3 is 2.79 bits per heavy atom. The summed E-state index contributed by atoms with van der Waals surface area (Å²) in [7, 11) is 0. The topological polar surface area (TPSA) is 91.3 Å². The highest BCUT2D eigenvalue weighted by molar-refractivity contribution is 6.30. The Labute approximate surface area is 113 Å². The molecule has 19 heavy (non-hydrogen) atoms. The number of benzene rings is 1. The minimum atomic E-state index is -0.521. The third kappa shape index (κ3) is 3.32. The van der Waals surface area contributed by atoms with Crippen LogP contribution < -0.4 is 10.5 Å². The number of ether oxygens (including phenoxy) is 1. The second-order valence-corrected chi connectivity index (χ2v) is 4.19. The zero-order valence-corrected chi connectivity index (χ0v) is 10.5. The summed E-state index contributed by atoms with van der Waals surface area (Å²) in [5, 5.41) is 11.2. The van der Waals surface area contributed by atoms with E-state index in [1.165, 1.54) is 18.2 Å². The third-order valence-corrected chi connectivity index (χ3v) is 2.60. The van der Waals surface area contributed by atoms with E-state index in [1.54, 1.807) is 18.3 Å². The van der Waals surface area contributed by atoms with Crippen molar-refractivity contribution in [2.24, 2.45) is 0 Å². The molecule has 1 heterocycles. The SMILES string of the molecule is Nc1ccc(COc2cc(Cl)ccc2[N+](=O)[O-])cn1. The Morgan fingerprint density at radius 2 is 2.16 bits per heavy atom. The van der Waals surface area contributed by atoms with Gasteiger partial charge in [-0.2, -0.15) is 0 Å². The van der Waals surface area contributed by atoms with Gasteiger partial charge >= 0.3 is 5.69 Å². The average molecular weight is 280 g/mol. The minimum Gasteiger partial charge on any atom is -0.482 e. The number of hydrogen-bond acceptors (Lipinski definition) is 5. The van der Waals surface area contributed by atoms with Crippen molar-refractivity contribution in [3.05, 3.63) is 57.2 Å². The summed E-state index contributed by atoms with van der Waals surface area (Å²) < 4.78 is 5.40. The zero-order valence-electron chi connectivity index (χ0n) is 9.75. The number of anilines is 1. The van der Waals surface area contributed by atoms with Gasteiger partial charge in [0.1, 0.15) is 12.4 Å². The standard InChI is InChI=1S/C12H10ClN3O3/c13-9-2-3-10(16(17)18)11(5-9)19-7-8-1-4-12(14)15-6-8/h1-6H,7H2,(H2,14,15). The molecule has 7 heteroatoms. The van der Waals surface area contributed by atoms with Crippen LogP contribution in [-0.4, -0.2) is 9.91 Å². The molecule has 2 N–H and O–H groups in total. The van der Waals surface area contributed by atoms with Crippen LogP contribution in [0.2, 0.25) is 5.02 Å². The molecule has 0 saturated heterocycles. The number of nitrogen functional groups attached to an aromatic ring is 1. The molecule has 0 fully saturated rings. The van der Waals surface area contributed by atoms with E-state index in [9.17, 15) is 10.1 Å². The highest BCUT2D eigenvalue weighted by Crippen LogP contribution is 2.30. The Kier molecular flexibility index (Phi) is 3.82. The molecule has 0 radical (unpaired) electrons. The number of hydrogen-bond donors (Lipinski definition) is 1. The zero-order chi connectivity index (χ0) is 13.8. The van der Waals surface area contributed by atoms with Crippen LogP contribution in [-0.2, 0) is 6.61 Å². The van der Waals surface area contributed by atoms with Crippen LogP contribution >= 0.6 is 11.6 Å². The van der Waals surface area contributed by atoms with Crippen LogP contribution in [0.1, 0.15) is 5.56 Å². The first-order valence-electron chi connectivity index (χ1n) is 5.33. The van der Waals surface area contributed by atoms with Crippen molar-refractivity contribution in [3.63, 3.8) is 0 Å². The summed E-state index contributed by atoms with van der Waals surface area (Å²) >= 11 is 5.79. The van der Waals surface area contributed by atoms with Crippen molar-refractivity contribution in [2.75, 3.05) is 5.73 Å². The predicted molar refractivity (Wildman–Crippen MR) is 71.1 cm³/mol. The first kappa shape index (κ1) is 13.1. The lowest BCUT2D eigenvalue weighted by molar-refractivity contribution is -0.385. The number of nitro groups is 1. The van der Waals surface area contributed by atoms with Gasteiger partial charge in [-0.25, -0.2) is 4.98 Å². The van der Waals surface area contributed by atoms with Crippen LogP contribution in [0.25, 0.3) is 0 Å². The fraction of sp³-hybridized carbons (Fsp3) is 0.0833. The Bertz CT molecular complexity index is 602. The third-order valence-electron chi connectivity index (χ3n) is 2.36. The number of halogens is 1. The van der Waals surface area contributed by atoms with Gasteiger partial charge in [0.2, 0.25) is 0 Å². The molecule has 0 unspecified atom stereocenters. The molecular formula is C12H10ClN3O3. The predicted octanol–water partition coefficient (Wildman–Crippen LogP) is 2.80. The largest absolute Gasteiger partial charge is 0.482 e. The molecule has 6 nitrogen and oxygen atoms in total. The van der Waals surface area contributed by atoms with Crippen LogP contribution in [0.4, 0.5) is 11.5 Å². The lowest BCUT2D eigenvalue weighted by atomic mass is 10.3. The van der Waals surface area contributed by atoms with E-state index in [2.05, 4.69) is 4.98 Å². The highest BCUT2D eigenvalue weighted by Gasteiger charge is 2.15. The maximum atomic E-state index is 10.8. The lowest BCUT2D eigenvalue weighted by Crippen LogP contribution is -2.00. The average Bonchev–Trinajstić information content (AvgIpc) is 2.38. The van der Waals surface area contributed by atoms with Gasteiger partial charge in [0.15, 0.2) is 5.75 Å². The number of aromatic nitrogens is 1. The second kappa shape index (κ2) is 5.53. The number of nitrogens with zero attached hydrogens (tertiary/aromatic N) is 2. The van der Waals surface area contributed by atoms with E-state index in [-0.39, 0.29) is 18.0 Å². The monoisotopic (exact) mass is 279 g/mol. The lowest BCUT2D eigenvalue weighted by Gasteiger charge is -2.07. The van der Waals surface area contributed by atoms with Gasteiger partial charge in [-0.3, -0.25) is 10.1 Å². The Hall–Kier alpha value is -2.34. The molecule has 0 bridgehead atoms. The molecule has 0 aliphatic carbocycles. The van der Waals surface area contributed by atoms with Gasteiger partial charge in [-0.05, 0) is 12.1 Å². The summed E-state index contributed by atoms with van der Waals surface area (Å²) in [5.74, 6) is 0.520. The second-order valence-electron chi connectivity index (χ2n) is 3.75. The van der Waals surface area contributed by atoms with E-state index in [1.807, 2.05) is 0 Å². The molecule has 0 aliphatic rings. The van der Waals surface area contributed by atoms with Crippen molar-refractivity contribution in [2.45, 2.75) is 6.61 Å². The van der Waals surface area contributed by atoms with Gasteiger partial charge in [-0.1, -0.05) is 17.7 Å². The maximum Gasteiger partial charge on any atom is 0.311 e. The molecular weight excluding hydrogens is 270 g/mol. The van der Waals surface area contributed by atoms with Gasteiger partial charge in [0.05, 0.1) is 4.92 Å². The molecule has 0 spiro atoms. The van der Waals surface area contributed by atoms with Crippen molar-refractivity contribution in [1.29, 1.82) is 0 Å². The van der Waals surface area contributed by atoms with E-state index in [0.717, 1.165) is 5.56 Å². The molecule has 1 aromatic heterocycles. The van der Waals surface area contributed by atoms with Gasteiger partial charge in [0, 0.05) is 28.9 Å². The van der Waals surface area contributed by atoms with E-state index in [0.29, 0.717) is 10.8 Å². The fourth-order valence-electron chi connectivity index (χ4n) is 1.44. The molecule has 0 amide bonds. The van der Waals surface area contributed by atoms with E-state index >= 15 is 0 Å². The molecule has 2 rings (SSSR count). The Balaban J connectivity index is 2.16. The van der Waals surface area contributed by atoms with Crippen LogP contribution in [0.3, 0.4) is 0 Å². The number of nitrogens with two attached hydrogens (primary N) is 1. The molecule has 98 valence electrons. The molecule has 0 atom stereocenters. The van der Waals surface area contributed by atoms with Crippen molar-refractivity contribution in [1.82, 2.24) is 4.98 Å². The van der Waals surface area contributed by atoms with Crippen molar-refractivity contribution in [3.8, 4) is 5.75 Å². The molecule has 0 saturated carbocycles. The first-order chi connectivity index (χ1) is 9.06.